The number of nitro benzene ring substituents is 1. The lowest BCUT2D eigenvalue weighted by molar-refractivity contribution is -0.387. The van der Waals surface area contributed by atoms with Crippen molar-refractivity contribution >= 4 is 44.8 Å². The Morgan fingerprint density at radius 1 is 1.00 bits per heavy atom. The zero-order valence-electron chi connectivity index (χ0n) is 24.8. The highest BCUT2D eigenvalue weighted by Crippen LogP contribution is 2.38. The molecule has 0 aliphatic rings. The monoisotopic (exact) mass is 657 g/mol. The molecule has 1 aromatic heterocycles. The van der Waals surface area contributed by atoms with E-state index in [1.54, 1.807) is 76.4 Å². The summed E-state index contributed by atoms with van der Waals surface area (Å²) in [6, 6.07) is 16.9. The maximum absolute atomic E-state index is 13.3. The Bertz CT molecular complexity index is 1760. The Morgan fingerprint density at radius 3 is 2.18 bits per heavy atom. The largest absolute Gasteiger partial charge is 0.459 e. The highest BCUT2D eigenvalue weighted by Gasteiger charge is 2.35. The van der Waals surface area contributed by atoms with Crippen molar-refractivity contribution in [2.75, 3.05) is 6.54 Å². The van der Waals surface area contributed by atoms with Crippen LogP contribution in [0.5, 0.6) is 0 Å². The van der Waals surface area contributed by atoms with E-state index in [1.165, 1.54) is 53.4 Å². The molecule has 9 nitrogen and oxygen atoms in total. The van der Waals surface area contributed by atoms with E-state index < -0.39 is 35.9 Å². The number of nitrogens with zero attached hydrogens (tertiary/aromatic N) is 2. The lowest BCUT2D eigenvalue weighted by atomic mass is 9.99. The molecule has 0 saturated heterocycles. The Balaban J connectivity index is 1.47. The average Bonchev–Trinajstić information content (AvgIpc) is 3.38. The number of carbonyl (C=O) groups excluding carboxylic acids is 1. The molecule has 0 amide bonds. The Labute approximate surface area is 264 Å². The van der Waals surface area contributed by atoms with Crippen molar-refractivity contribution < 1.29 is 27.3 Å². The number of para-hydroxylation sites is 1. The van der Waals surface area contributed by atoms with Gasteiger partial charge < -0.3 is 4.74 Å². The van der Waals surface area contributed by atoms with Crippen LogP contribution in [0.15, 0.2) is 81.3 Å². The number of carbonyl (C=O) groups is 1. The van der Waals surface area contributed by atoms with Crippen molar-refractivity contribution in [3.8, 4) is 22.3 Å². The molecule has 0 unspecified atom stereocenters. The minimum Gasteiger partial charge on any atom is -0.459 e. The molecule has 0 radical (unpaired) electrons. The van der Waals surface area contributed by atoms with Crippen LogP contribution in [0.4, 0.5) is 10.1 Å². The molecule has 0 saturated carbocycles. The molecular weight excluding hydrogens is 626 g/mol. The van der Waals surface area contributed by atoms with E-state index in [0.717, 1.165) is 11.1 Å². The van der Waals surface area contributed by atoms with Gasteiger partial charge in [0.1, 0.15) is 16.2 Å². The number of hydrogen-bond acceptors (Lipinski definition) is 9. The molecule has 0 aliphatic heterocycles. The minimum absolute atomic E-state index is 0.0423. The van der Waals surface area contributed by atoms with Gasteiger partial charge in [-0.15, -0.1) is 11.3 Å². The van der Waals surface area contributed by atoms with Gasteiger partial charge in [-0.05, 0) is 75.6 Å². The van der Waals surface area contributed by atoms with Crippen molar-refractivity contribution in [3.05, 3.63) is 93.7 Å². The molecule has 3 aromatic carbocycles. The summed E-state index contributed by atoms with van der Waals surface area (Å²) < 4.78 is 47.5. The van der Waals surface area contributed by atoms with Crippen LogP contribution in [0.2, 0.25) is 0 Å². The van der Waals surface area contributed by atoms with Gasteiger partial charge in [0.05, 0.1) is 16.2 Å². The molecule has 232 valence electrons. The summed E-state index contributed by atoms with van der Waals surface area (Å²) in [5.74, 6) is -0.727. The molecule has 0 aliphatic carbocycles. The molecule has 0 spiro atoms. The summed E-state index contributed by atoms with van der Waals surface area (Å²) in [6.45, 7) is 8.86. The van der Waals surface area contributed by atoms with E-state index in [4.69, 9.17) is 4.74 Å². The first-order valence-corrected chi connectivity index (χ1v) is 16.7. The van der Waals surface area contributed by atoms with Crippen molar-refractivity contribution in [1.82, 2.24) is 9.71 Å². The highest BCUT2D eigenvalue weighted by atomic mass is 32.2. The van der Waals surface area contributed by atoms with Crippen LogP contribution in [-0.4, -0.2) is 41.2 Å². The van der Waals surface area contributed by atoms with E-state index in [9.17, 15) is 27.7 Å². The van der Waals surface area contributed by atoms with E-state index in [1.807, 2.05) is 0 Å². The van der Waals surface area contributed by atoms with Gasteiger partial charge in [0.15, 0.2) is 9.24 Å². The van der Waals surface area contributed by atoms with Crippen LogP contribution in [-0.2, 0) is 26.0 Å². The number of nitro groups is 1. The number of thioether (sulfide) groups is 1. The third kappa shape index (κ3) is 8.29. The molecule has 1 heterocycles. The fourth-order valence-electron chi connectivity index (χ4n) is 4.15. The Kier molecular flexibility index (Phi) is 9.93. The second kappa shape index (κ2) is 13.1. The van der Waals surface area contributed by atoms with E-state index in [2.05, 4.69) is 9.71 Å². The number of nitrogens with one attached hydrogen (secondary N) is 1. The predicted molar refractivity (Wildman–Crippen MR) is 171 cm³/mol. The number of halogens is 1. The van der Waals surface area contributed by atoms with Crippen LogP contribution in [0.3, 0.4) is 0 Å². The number of benzene rings is 3. The number of ether oxygens (including phenoxy) is 1. The molecule has 0 atom stereocenters. The summed E-state index contributed by atoms with van der Waals surface area (Å²) in [4.78, 5) is 28.1. The smallest absolute Gasteiger partial charge is 0.322 e. The van der Waals surface area contributed by atoms with Gasteiger partial charge in [-0.1, -0.05) is 54.2 Å². The number of esters is 1. The Morgan fingerprint density at radius 2 is 1.59 bits per heavy atom. The normalized spacial score (nSPS) is 12.2. The molecular formula is C31H32FN3O6S3. The zero-order chi connectivity index (χ0) is 32.3. The van der Waals surface area contributed by atoms with Crippen LogP contribution >= 0.6 is 23.1 Å². The fourth-order valence-corrected chi connectivity index (χ4v) is 7.63. The molecule has 0 fully saturated rings. The van der Waals surface area contributed by atoms with Crippen LogP contribution in [0, 0.1) is 15.9 Å². The molecule has 1 N–H and O–H groups in total. The van der Waals surface area contributed by atoms with Gasteiger partial charge >= 0.3 is 5.97 Å². The first-order chi connectivity index (χ1) is 20.6. The minimum atomic E-state index is -4.26. The third-order valence-corrected chi connectivity index (χ3v) is 9.94. The van der Waals surface area contributed by atoms with Crippen molar-refractivity contribution in [2.24, 2.45) is 0 Å². The maximum Gasteiger partial charge on any atom is 0.322 e. The second-order valence-corrected chi connectivity index (χ2v) is 15.8. The van der Waals surface area contributed by atoms with Gasteiger partial charge in [0.25, 0.3) is 5.69 Å². The first kappa shape index (κ1) is 33.2. The zero-order valence-corrected chi connectivity index (χ0v) is 27.2. The first-order valence-electron chi connectivity index (χ1n) is 13.6. The number of rotatable bonds is 11. The average molecular weight is 658 g/mol. The van der Waals surface area contributed by atoms with Crippen LogP contribution in [0.25, 0.3) is 22.3 Å². The Hall–Kier alpha value is -3.65. The molecule has 4 rings (SSSR count). The topological polar surface area (TPSA) is 128 Å². The number of aromatic nitrogens is 1. The predicted octanol–water partition coefficient (Wildman–Crippen LogP) is 7.26. The fraction of sp³-hybridized carbons (Fsp3) is 0.290. The van der Waals surface area contributed by atoms with Crippen LogP contribution < -0.4 is 4.72 Å². The summed E-state index contributed by atoms with van der Waals surface area (Å²) in [7, 11) is -4.26. The van der Waals surface area contributed by atoms with E-state index >= 15 is 0 Å². The quantitative estimate of drug-likeness (QED) is 0.0773. The third-order valence-electron chi connectivity index (χ3n) is 6.28. The van der Waals surface area contributed by atoms with Gasteiger partial charge in [0.2, 0.25) is 10.0 Å². The van der Waals surface area contributed by atoms with Gasteiger partial charge in [-0.3, -0.25) is 14.9 Å². The SMILES string of the molecule is CC(C)(C)OC(=O)C(C)(C)Sc1nc(CCNS(=O)(=O)c2cccc(-c3ccc(-c4ccc(F)cc4)cc3)c2[N+](=O)[O-])cs1. The molecule has 0 bridgehead atoms. The standard InChI is InChI=1S/C31H32FN3O6S3/c1-30(2,3)41-28(36)31(4,5)43-29-34-24(19-42-29)17-18-33-44(39,40)26-8-6-7-25(27(26)35(37)38)22-11-9-20(10-12-22)21-13-15-23(32)16-14-21/h6-16,19,33H,17-18H2,1-5H3. The molecule has 44 heavy (non-hydrogen) atoms. The van der Waals surface area contributed by atoms with Crippen molar-refractivity contribution in [1.29, 1.82) is 0 Å². The maximum atomic E-state index is 13.3. The lowest BCUT2D eigenvalue weighted by Crippen LogP contribution is -2.36. The van der Waals surface area contributed by atoms with E-state index in [-0.39, 0.29) is 30.3 Å². The lowest BCUT2D eigenvalue weighted by Gasteiger charge is -2.27. The van der Waals surface area contributed by atoms with E-state index in [0.29, 0.717) is 15.6 Å². The number of sulfonamides is 1. The van der Waals surface area contributed by atoms with Gasteiger partial charge in [0, 0.05) is 18.3 Å². The van der Waals surface area contributed by atoms with Gasteiger partial charge in [-0.25, -0.2) is 22.5 Å². The molecule has 4 aromatic rings. The summed E-state index contributed by atoms with van der Waals surface area (Å²) >= 11 is 2.59. The molecule has 13 heteroatoms. The summed E-state index contributed by atoms with van der Waals surface area (Å²) in [6.07, 6.45) is 0.238. The number of hydrogen-bond donors (Lipinski definition) is 1. The van der Waals surface area contributed by atoms with Crippen LogP contribution in [0.1, 0.15) is 40.3 Å². The van der Waals surface area contributed by atoms with Crippen molar-refractivity contribution in [2.45, 2.75) is 60.6 Å². The highest BCUT2D eigenvalue weighted by molar-refractivity contribution is 8.03. The summed E-state index contributed by atoms with van der Waals surface area (Å²) in [5, 5.41) is 13.9. The summed E-state index contributed by atoms with van der Waals surface area (Å²) in [5.41, 5.74) is 1.61. The van der Waals surface area contributed by atoms with Crippen molar-refractivity contribution in [3.63, 3.8) is 0 Å². The number of thiazole rings is 1. The second-order valence-electron chi connectivity index (χ2n) is 11.4. The van der Waals surface area contributed by atoms with Gasteiger partial charge in [-0.2, -0.15) is 0 Å².